The molecular weight excluding hydrogens is 357 g/mol. The molecule has 1 fully saturated rings. The fourth-order valence-electron chi connectivity index (χ4n) is 4.50. The number of hydrogen-bond acceptors (Lipinski definition) is 3. The first kappa shape index (κ1) is 17.2. The molecule has 2 aromatic heterocycles. The van der Waals surface area contributed by atoms with E-state index in [2.05, 4.69) is 14.6 Å². The molecule has 0 N–H and O–H groups in total. The van der Waals surface area contributed by atoms with Gasteiger partial charge in [0.25, 0.3) is 5.91 Å². The summed E-state index contributed by atoms with van der Waals surface area (Å²) in [6.07, 6.45) is 5.93. The minimum atomic E-state index is -0.260. The van der Waals surface area contributed by atoms with Gasteiger partial charge in [-0.2, -0.15) is 5.10 Å². The normalized spacial score (nSPS) is 21.8. The molecule has 3 aromatic rings. The first-order valence-electron chi connectivity index (χ1n) is 9.50. The van der Waals surface area contributed by atoms with Crippen LogP contribution in [0.25, 0.3) is 0 Å². The van der Waals surface area contributed by atoms with Gasteiger partial charge < -0.3 is 9.47 Å². The van der Waals surface area contributed by atoms with Crippen molar-refractivity contribution in [3.63, 3.8) is 0 Å². The van der Waals surface area contributed by atoms with Gasteiger partial charge in [-0.3, -0.25) is 14.4 Å². The summed E-state index contributed by atoms with van der Waals surface area (Å²) in [6, 6.07) is 10.6. The summed E-state index contributed by atoms with van der Waals surface area (Å²) in [5.41, 5.74) is 2.84. The Morgan fingerprint density at radius 1 is 1.07 bits per heavy atom. The van der Waals surface area contributed by atoms with Crippen molar-refractivity contribution < 1.29 is 9.18 Å². The number of carbonyl (C=O) groups excluding carboxylic acids is 1. The maximum absolute atomic E-state index is 13.3. The quantitative estimate of drug-likeness (QED) is 0.700. The van der Waals surface area contributed by atoms with Gasteiger partial charge in [-0.25, -0.2) is 4.39 Å². The van der Waals surface area contributed by atoms with Crippen molar-refractivity contribution >= 4 is 5.91 Å². The van der Waals surface area contributed by atoms with Crippen LogP contribution in [0.2, 0.25) is 0 Å². The Morgan fingerprint density at radius 3 is 2.61 bits per heavy atom. The zero-order valence-corrected chi connectivity index (χ0v) is 15.7. The van der Waals surface area contributed by atoms with Crippen LogP contribution in [-0.4, -0.2) is 49.2 Å². The lowest BCUT2D eigenvalue weighted by Gasteiger charge is -2.38. The van der Waals surface area contributed by atoms with Crippen LogP contribution in [0.5, 0.6) is 0 Å². The number of aromatic nitrogens is 3. The second kappa shape index (κ2) is 6.60. The van der Waals surface area contributed by atoms with Crippen LogP contribution in [0.1, 0.15) is 27.7 Å². The van der Waals surface area contributed by atoms with Crippen molar-refractivity contribution in [2.75, 3.05) is 13.1 Å². The molecule has 2 atom stereocenters. The molecule has 4 heterocycles. The summed E-state index contributed by atoms with van der Waals surface area (Å²) in [5.74, 6) is -0.220. The lowest BCUT2D eigenvalue weighted by molar-refractivity contribution is 0.0556. The third-order valence-corrected chi connectivity index (χ3v) is 5.78. The topological polar surface area (TPSA) is 46.3 Å². The second-order valence-electron chi connectivity index (χ2n) is 7.71. The number of hydrogen-bond donors (Lipinski definition) is 0. The molecule has 5 rings (SSSR count). The maximum atomic E-state index is 13.3. The van der Waals surface area contributed by atoms with Crippen LogP contribution in [-0.2, 0) is 20.1 Å². The number of rotatable bonds is 4. The molecule has 0 radical (unpaired) electrons. The van der Waals surface area contributed by atoms with Gasteiger partial charge in [-0.15, -0.1) is 0 Å². The van der Waals surface area contributed by atoms with Gasteiger partial charge >= 0.3 is 0 Å². The second-order valence-corrected chi connectivity index (χ2v) is 7.71. The average Bonchev–Trinajstić information content (AvgIpc) is 3.40. The zero-order chi connectivity index (χ0) is 19.3. The monoisotopic (exact) mass is 379 g/mol. The van der Waals surface area contributed by atoms with E-state index in [0.717, 1.165) is 30.9 Å². The highest BCUT2D eigenvalue weighted by Crippen LogP contribution is 2.35. The van der Waals surface area contributed by atoms with Crippen molar-refractivity contribution in [1.29, 1.82) is 0 Å². The molecule has 0 spiro atoms. The Labute approximate surface area is 162 Å². The van der Waals surface area contributed by atoms with Crippen LogP contribution < -0.4 is 0 Å². The molecule has 1 aromatic carbocycles. The zero-order valence-electron chi connectivity index (χ0n) is 15.7. The highest BCUT2D eigenvalue weighted by atomic mass is 19.1. The first-order chi connectivity index (χ1) is 13.6. The molecule has 1 saturated heterocycles. The van der Waals surface area contributed by atoms with E-state index in [0.29, 0.717) is 6.54 Å². The average molecular weight is 379 g/mol. The summed E-state index contributed by atoms with van der Waals surface area (Å²) in [5, 5.41) is 4.26. The molecule has 2 aliphatic heterocycles. The van der Waals surface area contributed by atoms with E-state index < -0.39 is 0 Å². The SMILES string of the molecule is Cn1cc(CN2C[C@@H]3[C@@H](C2)n2cccc2C(=O)N3Cc2ccc(F)cc2)cn1. The largest absolute Gasteiger partial charge is 0.337 e. The van der Waals surface area contributed by atoms with E-state index >= 15 is 0 Å². The summed E-state index contributed by atoms with van der Waals surface area (Å²) in [7, 11) is 1.92. The Balaban J connectivity index is 1.43. The predicted molar refractivity (Wildman–Crippen MR) is 102 cm³/mol. The lowest BCUT2D eigenvalue weighted by Crippen LogP contribution is -2.49. The molecule has 2 aliphatic rings. The van der Waals surface area contributed by atoms with Crippen molar-refractivity contribution in [1.82, 2.24) is 24.1 Å². The summed E-state index contributed by atoms with van der Waals surface area (Å²) in [4.78, 5) is 17.5. The van der Waals surface area contributed by atoms with Crippen LogP contribution in [0, 0.1) is 5.82 Å². The molecule has 1 amide bonds. The molecule has 0 unspecified atom stereocenters. The minimum Gasteiger partial charge on any atom is -0.337 e. The number of fused-ring (bicyclic) bond motifs is 3. The van der Waals surface area contributed by atoms with E-state index in [1.54, 1.807) is 12.1 Å². The van der Waals surface area contributed by atoms with Gasteiger partial charge in [-0.05, 0) is 29.8 Å². The molecule has 0 saturated carbocycles. The first-order valence-corrected chi connectivity index (χ1v) is 9.50. The van der Waals surface area contributed by atoms with E-state index in [9.17, 15) is 9.18 Å². The van der Waals surface area contributed by atoms with Crippen molar-refractivity contribution in [2.45, 2.75) is 25.2 Å². The van der Waals surface area contributed by atoms with E-state index in [1.165, 1.54) is 17.7 Å². The maximum Gasteiger partial charge on any atom is 0.271 e. The predicted octanol–water partition coefficient (Wildman–Crippen LogP) is 2.44. The van der Waals surface area contributed by atoms with E-state index in [1.807, 2.05) is 47.4 Å². The molecule has 7 heteroatoms. The Morgan fingerprint density at radius 2 is 1.86 bits per heavy atom. The molecule has 0 aliphatic carbocycles. The molecule has 0 bridgehead atoms. The molecule has 6 nitrogen and oxygen atoms in total. The standard InChI is InChI=1S/C21H22FN5O/c1-24-10-16(9-23-24)11-25-13-19-20(14-25)27(12-15-4-6-17(22)7-5-15)21(28)18-3-2-8-26(18)19/h2-10,19-20H,11-14H2,1H3/t19-,20-/m1/s1. The van der Waals surface area contributed by atoms with Crippen LogP contribution in [0.4, 0.5) is 4.39 Å². The third kappa shape index (κ3) is 2.92. The summed E-state index contributed by atoms with van der Waals surface area (Å²) >= 11 is 0. The summed E-state index contributed by atoms with van der Waals surface area (Å²) in [6.45, 7) is 3.00. The summed E-state index contributed by atoms with van der Waals surface area (Å²) < 4.78 is 17.2. The smallest absolute Gasteiger partial charge is 0.271 e. The van der Waals surface area contributed by atoms with Gasteiger partial charge in [0, 0.05) is 51.2 Å². The van der Waals surface area contributed by atoms with Gasteiger partial charge in [0.1, 0.15) is 11.5 Å². The number of halogens is 1. The van der Waals surface area contributed by atoms with Gasteiger partial charge in [0.15, 0.2) is 0 Å². The highest BCUT2D eigenvalue weighted by Gasteiger charge is 2.44. The number of carbonyl (C=O) groups is 1. The Kier molecular flexibility index (Phi) is 4.05. The van der Waals surface area contributed by atoms with E-state index in [4.69, 9.17) is 0 Å². The highest BCUT2D eigenvalue weighted by molar-refractivity contribution is 5.94. The van der Waals surface area contributed by atoms with E-state index in [-0.39, 0.29) is 23.8 Å². The third-order valence-electron chi connectivity index (χ3n) is 5.78. The number of amides is 1. The van der Waals surface area contributed by atoms with Crippen LogP contribution in [0.3, 0.4) is 0 Å². The molecular formula is C21H22FN5O. The van der Waals surface area contributed by atoms with Crippen LogP contribution >= 0.6 is 0 Å². The van der Waals surface area contributed by atoms with Crippen molar-refractivity contribution in [3.8, 4) is 0 Å². The number of benzene rings is 1. The van der Waals surface area contributed by atoms with Gasteiger partial charge in [0.2, 0.25) is 0 Å². The minimum absolute atomic E-state index is 0.0406. The molecule has 144 valence electrons. The fourth-order valence-corrected chi connectivity index (χ4v) is 4.50. The van der Waals surface area contributed by atoms with Gasteiger partial charge in [-0.1, -0.05) is 12.1 Å². The Hall–Kier alpha value is -2.93. The number of nitrogens with zero attached hydrogens (tertiary/aromatic N) is 5. The van der Waals surface area contributed by atoms with Crippen molar-refractivity contribution in [3.05, 3.63) is 77.6 Å². The lowest BCUT2D eigenvalue weighted by atomic mass is 10.0. The Bertz CT molecular complexity index is 1010. The van der Waals surface area contributed by atoms with Crippen molar-refractivity contribution in [2.24, 2.45) is 7.05 Å². The van der Waals surface area contributed by atoms with Gasteiger partial charge in [0.05, 0.1) is 18.3 Å². The molecule has 28 heavy (non-hydrogen) atoms. The number of likely N-dealkylation sites (tertiary alicyclic amines) is 1. The van der Waals surface area contributed by atoms with Crippen LogP contribution in [0.15, 0.2) is 55.0 Å². The number of aryl methyl sites for hydroxylation is 1. The fraction of sp³-hybridized carbons (Fsp3) is 0.333.